The molecule has 1 aliphatic rings. The minimum absolute atomic E-state index is 0.185. The third-order valence-electron chi connectivity index (χ3n) is 3.86. The van der Waals surface area contributed by atoms with Crippen molar-refractivity contribution in [3.63, 3.8) is 0 Å². The second kappa shape index (κ2) is 7.21. The highest BCUT2D eigenvalue weighted by Crippen LogP contribution is 2.40. The van der Waals surface area contributed by atoms with Crippen LogP contribution in [-0.2, 0) is 4.79 Å². The first-order valence-electron chi connectivity index (χ1n) is 7.49. The Kier molecular flexibility index (Phi) is 5.31. The summed E-state index contributed by atoms with van der Waals surface area (Å²) >= 11 is 0. The maximum absolute atomic E-state index is 12.4. The van der Waals surface area contributed by atoms with Gasteiger partial charge < -0.3 is 24.6 Å². The van der Waals surface area contributed by atoms with Gasteiger partial charge in [-0.1, -0.05) is 20.3 Å². The first-order chi connectivity index (χ1) is 11.0. The molecule has 1 aromatic carbocycles. The molecule has 1 aliphatic heterocycles. The van der Waals surface area contributed by atoms with Crippen LogP contribution in [0, 0.1) is 5.92 Å². The fourth-order valence-electron chi connectivity index (χ4n) is 2.31. The van der Waals surface area contributed by atoms with Gasteiger partial charge in [0.15, 0.2) is 11.5 Å². The molecule has 2 atom stereocenters. The van der Waals surface area contributed by atoms with E-state index in [4.69, 9.17) is 14.2 Å². The van der Waals surface area contributed by atoms with Gasteiger partial charge in [-0.25, -0.2) is 4.79 Å². The Morgan fingerprint density at radius 1 is 1.35 bits per heavy atom. The lowest BCUT2D eigenvalue weighted by Gasteiger charge is -2.23. The van der Waals surface area contributed by atoms with E-state index < -0.39 is 17.9 Å². The van der Waals surface area contributed by atoms with Crippen LogP contribution >= 0.6 is 0 Å². The lowest BCUT2D eigenvalue weighted by Crippen LogP contribution is -2.45. The number of carbonyl (C=O) groups is 2. The number of amides is 1. The summed E-state index contributed by atoms with van der Waals surface area (Å²) in [6, 6.07) is 2.09. The van der Waals surface area contributed by atoms with Crippen LogP contribution in [0.25, 0.3) is 0 Å². The van der Waals surface area contributed by atoms with Crippen molar-refractivity contribution in [3.8, 4) is 17.2 Å². The average molecular weight is 323 g/mol. The Balaban J connectivity index is 2.26. The van der Waals surface area contributed by atoms with Crippen molar-refractivity contribution < 1.29 is 28.9 Å². The maximum Gasteiger partial charge on any atom is 0.326 e. The van der Waals surface area contributed by atoms with E-state index in [1.54, 1.807) is 6.92 Å². The molecule has 7 heteroatoms. The smallest absolute Gasteiger partial charge is 0.326 e. The Bertz CT molecular complexity index is 583. The van der Waals surface area contributed by atoms with Crippen LogP contribution in [0.1, 0.15) is 30.6 Å². The predicted octanol–water partition coefficient (Wildman–Crippen LogP) is 1.70. The molecule has 0 aromatic heterocycles. The minimum atomic E-state index is -1.06. The first-order valence-corrected chi connectivity index (χ1v) is 7.49. The molecule has 2 unspecified atom stereocenters. The Labute approximate surface area is 134 Å². The van der Waals surface area contributed by atoms with Gasteiger partial charge >= 0.3 is 5.97 Å². The van der Waals surface area contributed by atoms with E-state index in [-0.39, 0.29) is 11.5 Å². The van der Waals surface area contributed by atoms with Gasteiger partial charge in [-0.05, 0) is 18.1 Å². The largest absolute Gasteiger partial charge is 0.493 e. The second-order valence-electron chi connectivity index (χ2n) is 5.38. The number of carboxylic acid groups (broad SMARTS) is 1. The number of aliphatic carboxylic acids is 1. The van der Waals surface area contributed by atoms with Crippen LogP contribution in [0.2, 0.25) is 0 Å². The fraction of sp³-hybridized carbons (Fsp3) is 0.500. The molecule has 1 amide bonds. The van der Waals surface area contributed by atoms with Gasteiger partial charge in [-0.15, -0.1) is 0 Å². The van der Waals surface area contributed by atoms with Crippen LogP contribution < -0.4 is 19.5 Å². The van der Waals surface area contributed by atoms with E-state index in [9.17, 15) is 14.7 Å². The fourth-order valence-corrected chi connectivity index (χ4v) is 2.31. The molecule has 0 fully saturated rings. The summed E-state index contributed by atoms with van der Waals surface area (Å²) in [6.07, 6.45) is 0.641. The summed E-state index contributed by atoms with van der Waals surface area (Å²) in [5.41, 5.74) is 0.264. The summed E-state index contributed by atoms with van der Waals surface area (Å²) in [5.74, 6) is -0.494. The zero-order valence-corrected chi connectivity index (χ0v) is 13.4. The molecule has 126 valence electrons. The SMILES string of the molecule is CCC(C)C(NC(=O)c1cc(OC)c2c(c1)OCCO2)C(=O)O. The zero-order valence-electron chi connectivity index (χ0n) is 13.4. The molecule has 0 bridgehead atoms. The number of methoxy groups -OCH3 is 1. The molecule has 2 N–H and O–H groups in total. The van der Waals surface area contributed by atoms with E-state index in [0.29, 0.717) is 36.9 Å². The van der Waals surface area contributed by atoms with E-state index in [2.05, 4.69) is 5.32 Å². The average Bonchev–Trinajstić information content (AvgIpc) is 2.57. The lowest BCUT2D eigenvalue weighted by atomic mass is 9.99. The normalized spacial score (nSPS) is 15.4. The maximum atomic E-state index is 12.4. The molecule has 0 aliphatic carbocycles. The van der Waals surface area contributed by atoms with E-state index in [1.807, 2.05) is 6.92 Å². The molecule has 0 saturated carbocycles. The van der Waals surface area contributed by atoms with Gasteiger partial charge in [0.05, 0.1) is 7.11 Å². The zero-order chi connectivity index (χ0) is 17.0. The lowest BCUT2D eigenvalue weighted by molar-refractivity contribution is -0.140. The van der Waals surface area contributed by atoms with Crippen LogP contribution in [0.5, 0.6) is 17.2 Å². The Morgan fingerprint density at radius 2 is 2.04 bits per heavy atom. The van der Waals surface area contributed by atoms with Crippen LogP contribution in [0.3, 0.4) is 0 Å². The molecule has 1 aromatic rings. The highest BCUT2D eigenvalue weighted by atomic mass is 16.6. The van der Waals surface area contributed by atoms with Gasteiger partial charge in [-0.3, -0.25) is 4.79 Å². The van der Waals surface area contributed by atoms with Crippen LogP contribution in [0.15, 0.2) is 12.1 Å². The highest BCUT2D eigenvalue weighted by molar-refractivity contribution is 5.97. The van der Waals surface area contributed by atoms with Gasteiger partial charge in [0.25, 0.3) is 5.91 Å². The van der Waals surface area contributed by atoms with Crippen molar-refractivity contribution in [2.45, 2.75) is 26.3 Å². The second-order valence-corrected chi connectivity index (χ2v) is 5.38. The van der Waals surface area contributed by atoms with Gasteiger partial charge in [-0.2, -0.15) is 0 Å². The number of carbonyl (C=O) groups excluding carboxylic acids is 1. The van der Waals surface area contributed by atoms with Crippen molar-refractivity contribution in [1.82, 2.24) is 5.32 Å². The molecule has 0 radical (unpaired) electrons. The summed E-state index contributed by atoms with van der Waals surface area (Å²) in [6.45, 7) is 4.44. The molecule has 2 rings (SSSR count). The van der Waals surface area contributed by atoms with E-state index in [1.165, 1.54) is 19.2 Å². The highest BCUT2D eigenvalue weighted by Gasteiger charge is 2.27. The Morgan fingerprint density at radius 3 is 2.65 bits per heavy atom. The standard InChI is InChI=1S/C16H21NO6/c1-4-9(2)13(16(19)20)17-15(18)10-7-11(21-3)14-12(8-10)22-5-6-23-14/h7-9,13H,4-6H2,1-3H3,(H,17,18)(H,19,20). The van der Waals surface area contributed by atoms with Crippen molar-refractivity contribution >= 4 is 11.9 Å². The monoisotopic (exact) mass is 323 g/mol. The quantitative estimate of drug-likeness (QED) is 0.827. The number of hydrogen-bond donors (Lipinski definition) is 2. The third-order valence-corrected chi connectivity index (χ3v) is 3.86. The van der Waals surface area contributed by atoms with Crippen LogP contribution in [0.4, 0.5) is 0 Å². The molecule has 0 spiro atoms. The topological polar surface area (TPSA) is 94.1 Å². The van der Waals surface area contributed by atoms with Crippen molar-refractivity contribution in [3.05, 3.63) is 17.7 Å². The summed E-state index contributed by atoms with van der Waals surface area (Å²) in [4.78, 5) is 23.7. The molecular weight excluding hydrogens is 302 g/mol. The number of carboxylic acids is 1. The van der Waals surface area contributed by atoms with E-state index >= 15 is 0 Å². The summed E-state index contributed by atoms with van der Waals surface area (Å²) in [7, 11) is 1.47. The molecule has 23 heavy (non-hydrogen) atoms. The first kappa shape index (κ1) is 16.9. The minimum Gasteiger partial charge on any atom is -0.493 e. The number of nitrogens with one attached hydrogen (secondary N) is 1. The number of benzene rings is 1. The summed E-state index contributed by atoms with van der Waals surface area (Å²) in [5, 5.41) is 11.8. The molecular formula is C16H21NO6. The molecule has 7 nitrogen and oxygen atoms in total. The number of hydrogen-bond acceptors (Lipinski definition) is 5. The van der Waals surface area contributed by atoms with Gasteiger partial charge in [0, 0.05) is 5.56 Å². The summed E-state index contributed by atoms with van der Waals surface area (Å²) < 4.78 is 16.2. The number of rotatable bonds is 6. The molecule has 1 heterocycles. The number of fused-ring (bicyclic) bond motifs is 1. The molecule has 0 saturated heterocycles. The van der Waals surface area contributed by atoms with Crippen molar-refractivity contribution in [2.24, 2.45) is 5.92 Å². The Hall–Kier alpha value is -2.44. The van der Waals surface area contributed by atoms with Gasteiger partial charge in [0.1, 0.15) is 19.3 Å². The predicted molar refractivity (Wildman–Crippen MR) is 82.3 cm³/mol. The van der Waals surface area contributed by atoms with Crippen molar-refractivity contribution in [1.29, 1.82) is 0 Å². The van der Waals surface area contributed by atoms with Crippen LogP contribution in [-0.4, -0.2) is 43.3 Å². The number of ether oxygens (including phenoxy) is 3. The van der Waals surface area contributed by atoms with Crippen molar-refractivity contribution in [2.75, 3.05) is 20.3 Å². The third kappa shape index (κ3) is 3.67. The van der Waals surface area contributed by atoms with E-state index in [0.717, 1.165) is 0 Å². The van der Waals surface area contributed by atoms with Gasteiger partial charge in [0.2, 0.25) is 5.75 Å².